The number of nitrogens with one attached hydrogen (secondary N) is 1. The van der Waals surface area contributed by atoms with Crippen LogP contribution in [0.1, 0.15) is 57.0 Å². The molecule has 1 heterocycles. The molecule has 1 saturated carbocycles. The maximum absolute atomic E-state index is 4.66. The first-order valence-electron chi connectivity index (χ1n) is 7.20. The third-order valence-electron chi connectivity index (χ3n) is 4.80. The van der Waals surface area contributed by atoms with Crippen molar-refractivity contribution in [2.24, 2.45) is 5.41 Å². The van der Waals surface area contributed by atoms with Crippen molar-refractivity contribution in [3.63, 3.8) is 0 Å². The zero-order valence-electron chi connectivity index (χ0n) is 12.7. The largest absolute Gasteiger partial charge is 0.314 e. The highest BCUT2D eigenvalue weighted by molar-refractivity contribution is 5.34. The molecule has 0 aromatic carbocycles. The van der Waals surface area contributed by atoms with Crippen molar-refractivity contribution in [1.82, 2.24) is 15.1 Å². The van der Waals surface area contributed by atoms with Crippen LogP contribution in [-0.4, -0.2) is 22.4 Å². The number of nitrogens with zero attached hydrogens (tertiary/aromatic N) is 2. The number of aromatic nitrogens is 2. The average Bonchev–Trinajstić information content (AvgIpc) is 2.60. The lowest BCUT2D eigenvalue weighted by atomic mass is 9.56. The molecule has 2 unspecified atom stereocenters. The number of hydrogen-bond donors (Lipinski definition) is 1. The van der Waals surface area contributed by atoms with E-state index in [1.165, 1.54) is 23.4 Å². The first-order chi connectivity index (χ1) is 8.43. The van der Waals surface area contributed by atoms with Gasteiger partial charge in [-0.05, 0) is 50.6 Å². The molecule has 1 N–H and O–H groups in total. The Morgan fingerprint density at radius 2 is 2.00 bits per heavy atom. The zero-order chi connectivity index (χ0) is 13.5. The number of aryl methyl sites for hydroxylation is 2. The van der Waals surface area contributed by atoms with Crippen LogP contribution in [0.4, 0.5) is 0 Å². The van der Waals surface area contributed by atoms with Crippen LogP contribution >= 0.6 is 0 Å². The van der Waals surface area contributed by atoms with Crippen LogP contribution in [0, 0.1) is 19.3 Å². The molecular formula is C15H27N3. The van der Waals surface area contributed by atoms with Crippen LogP contribution in [0.3, 0.4) is 0 Å². The van der Waals surface area contributed by atoms with Crippen molar-refractivity contribution in [1.29, 1.82) is 0 Å². The number of hydrogen-bond acceptors (Lipinski definition) is 2. The maximum Gasteiger partial charge on any atom is 0.0631 e. The topological polar surface area (TPSA) is 29.9 Å². The molecule has 2 rings (SSSR count). The van der Waals surface area contributed by atoms with E-state index in [4.69, 9.17) is 0 Å². The SMILES string of the molecule is CCNC1CC(c2c(C)nn(CC)c2C)C1(C)C. The lowest BCUT2D eigenvalue weighted by Gasteiger charge is -2.53. The van der Waals surface area contributed by atoms with E-state index in [0.29, 0.717) is 17.4 Å². The Bertz CT molecular complexity index is 431. The van der Waals surface area contributed by atoms with Gasteiger partial charge in [-0.3, -0.25) is 4.68 Å². The highest BCUT2D eigenvalue weighted by atomic mass is 15.3. The van der Waals surface area contributed by atoms with Crippen molar-refractivity contribution in [2.45, 2.75) is 66.5 Å². The fourth-order valence-corrected chi connectivity index (χ4v) is 3.53. The molecule has 102 valence electrons. The molecule has 0 amide bonds. The fourth-order valence-electron chi connectivity index (χ4n) is 3.53. The van der Waals surface area contributed by atoms with E-state index >= 15 is 0 Å². The van der Waals surface area contributed by atoms with Gasteiger partial charge in [0.25, 0.3) is 0 Å². The summed E-state index contributed by atoms with van der Waals surface area (Å²) >= 11 is 0. The van der Waals surface area contributed by atoms with Gasteiger partial charge in [0.05, 0.1) is 5.69 Å². The van der Waals surface area contributed by atoms with Gasteiger partial charge in [-0.2, -0.15) is 5.10 Å². The van der Waals surface area contributed by atoms with E-state index in [-0.39, 0.29) is 0 Å². The van der Waals surface area contributed by atoms with Crippen molar-refractivity contribution in [3.8, 4) is 0 Å². The lowest BCUT2D eigenvalue weighted by Crippen LogP contribution is -2.55. The van der Waals surface area contributed by atoms with Gasteiger partial charge in [-0.25, -0.2) is 0 Å². The summed E-state index contributed by atoms with van der Waals surface area (Å²) < 4.78 is 2.14. The second-order valence-electron chi connectivity index (χ2n) is 6.12. The Labute approximate surface area is 111 Å². The van der Waals surface area contributed by atoms with Crippen molar-refractivity contribution in [3.05, 3.63) is 17.0 Å². The fraction of sp³-hybridized carbons (Fsp3) is 0.800. The summed E-state index contributed by atoms with van der Waals surface area (Å²) in [5.74, 6) is 0.654. The minimum atomic E-state index is 0.340. The van der Waals surface area contributed by atoms with Crippen molar-refractivity contribution >= 4 is 0 Å². The maximum atomic E-state index is 4.66. The summed E-state index contributed by atoms with van der Waals surface area (Å²) in [5, 5.41) is 8.27. The summed E-state index contributed by atoms with van der Waals surface area (Å²) in [5.41, 5.74) is 4.43. The summed E-state index contributed by atoms with van der Waals surface area (Å²) in [4.78, 5) is 0. The Kier molecular flexibility index (Phi) is 3.54. The van der Waals surface area contributed by atoms with E-state index in [1.54, 1.807) is 0 Å². The molecule has 0 saturated heterocycles. The van der Waals surface area contributed by atoms with Gasteiger partial charge < -0.3 is 5.32 Å². The first-order valence-corrected chi connectivity index (χ1v) is 7.20. The monoisotopic (exact) mass is 249 g/mol. The van der Waals surface area contributed by atoms with Crippen LogP contribution in [0.2, 0.25) is 0 Å². The average molecular weight is 249 g/mol. The quantitative estimate of drug-likeness (QED) is 0.889. The van der Waals surface area contributed by atoms with E-state index in [1.807, 2.05) is 0 Å². The first kappa shape index (κ1) is 13.6. The normalized spacial score (nSPS) is 26.1. The smallest absolute Gasteiger partial charge is 0.0631 e. The molecule has 1 aromatic heterocycles. The molecule has 0 bridgehead atoms. The molecule has 3 heteroatoms. The van der Waals surface area contributed by atoms with E-state index in [0.717, 1.165) is 13.1 Å². The highest BCUT2D eigenvalue weighted by Crippen LogP contribution is 2.53. The molecule has 1 aromatic rings. The van der Waals surface area contributed by atoms with Crippen LogP contribution in [-0.2, 0) is 6.54 Å². The molecule has 1 aliphatic carbocycles. The molecule has 1 aliphatic rings. The standard InChI is InChI=1S/C15H27N3/c1-7-16-13-9-12(15(13,5)6)14-10(3)17-18(8-2)11(14)4/h12-13,16H,7-9H2,1-6H3. The summed E-state index contributed by atoms with van der Waals surface area (Å²) in [6, 6.07) is 0.649. The minimum absolute atomic E-state index is 0.340. The van der Waals surface area contributed by atoms with Gasteiger partial charge in [0.15, 0.2) is 0 Å². The van der Waals surface area contributed by atoms with Gasteiger partial charge in [-0.15, -0.1) is 0 Å². The third kappa shape index (κ3) is 1.89. The Hall–Kier alpha value is -0.830. The van der Waals surface area contributed by atoms with E-state index in [9.17, 15) is 0 Å². The predicted molar refractivity (Wildman–Crippen MR) is 76.0 cm³/mol. The van der Waals surface area contributed by atoms with Crippen molar-refractivity contribution in [2.75, 3.05) is 6.54 Å². The Morgan fingerprint density at radius 1 is 1.33 bits per heavy atom. The molecular weight excluding hydrogens is 222 g/mol. The summed E-state index contributed by atoms with van der Waals surface area (Å²) in [7, 11) is 0. The third-order valence-corrected chi connectivity index (χ3v) is 4.80. The van der Waals surface area contributed by atoms with Gasteiger partial charge in [0, 0.05) is 18.3 Å². The zero-order valence-corrected chi connectivity index (χ0v) is 12.7. The predicted octanol–water partition coefficient (Wildman–Crippen LogP) is 3.01. The molecule has 0 spiro atoms. The lowest BCUT2D eigenvalue weighted by molar-refractivity contribution is 0.0698. The Balaban J connectivity index is 2.27. The van der Waals surface area contributed by atoms with Gasteiger partial charge in [-0.1, -0.05) is 20.8 Å². The van der Waals surface area contributed by atoms with Gasteiger partial charge >= 0.3 is 0 Å². The van der Waals surface area contributed by atoms with Gasteiger partial charge in [0.1, 0.15) is 0 Å². The van der Waals surface area contributed by atoms with Crippen LogP contribution in [0.15, 0.2) is 0 Å². The van der Waals surface area contributed by atoms with E-state index < -0.39 is 0 Å². The van der Waals surface area contributed by atoms with Crippen LogP contribution < -0.4 is 5.32 Å². The molecule has 1 fully saturated rings. The van der Waals surface area contributed by atoms with Crippen LogP contribution in [0.25, 0.3) is 0 Å². The summed E-state index contributed by atoms with van der Waals surface area (Å²) in [6.07, 6.45) is 1.25. The molecule has 0 radical (unpaired) electrons. The number of rotatable bonds is 4. The Morgan fingerprint density at radius 3 is 2.44 bits per heavy atom. The van der Waals surface area contributed by atoms with E-state index in [2.05, 4.69) is 56.6 Å². The summed E-state index contributed by atoms with van der Waals surface area (Å²) in [6.45, 7) is 15.5. The molecule has 3 nitrogen and oxygen atoms in total. The molecule has 2 atom stereocenters. The van der Waals surface area contributed by atoms with Crippen LogP contribution in [0.5, 0.6) is 0 Å². The second kappa shape index (κ2) is 4.69. The van der Waals surface area contributed by atoms with Gasteiger partial charge in [0.2, 0.25) is 0 Å². The second-order valence-corrected chi connectivity index (χ2v) is 6.12. The molecule has 18 heavy (non-hydrogen) atoms. The molecule has 0 aliphatic heterocycles. The van der Waals surface area contributed by atoms with Crippen molar-refractivity contribution < 1.29 is 0 Å². The minimum Gasteiger partial charge on any atom is -0.314 e. The highest BCUT2D eigenvalue weighted by Gasteiger charge is 2.49.